The Bertz CT molecular complexity index is 601. The molecular weight excluding hydrogens is 304 g/mol. The van der Waals surface area contributed by atoms with Crippen molar-refractivity contribution in [3.8, 4) is 0 Å². The number of thioether (sulfide) groups is 1. The molecule has 0 aliphatic heterocycles. The van der Waals surface area contributed by atoms with Gasteiger partial charge in [-0.3, -0.25) is 10.1 Å². The van der Waals surface area contributed by atoms with E-state index in [0.29, 0.717) is 11.8 Å². The van der Waals surface area contributed by atoms with Crippen molar-refractivity contribution in [1.29, 1.82) is 0 Å². The van der Waals surface area contributed by atoms with Crippen LogP contribution in [-0.2, 0) is 10.3 Å². The van der Waals surface area contributed by atoms with Gasteiger partial charge >= 0.3 is 0 Å². The highest BCUT2D eigenvalue weighted by molar-refractivity contribution is 8.01. The maximum absolute atomic E-state index is 12.3. The van der Waals surface area contributed by atoms with Gasteiger partial charge in [0, 0.05) is 11.8 Å². The van der Waals surface area contributed by atoms with Crippen LogP contribution in [0.25, 0.3) is 0 Å². The molecule has 1 amide bonds. The van der Waals surface area contributed by atoms with Crippen molar-refractivity contribution in [1.82, 2.24) is 15.5 Å². The van der Waals surface area contributed by atoms with Gasteiger partial charge in [0.2, 0.25) is 5.91 Å². The van der Waals surface area contributed by atoms with Crippen molar-refractivity contribution in [2.24, 2.45) is 5.73 Å². The van der Waals surface area contributed by atoms with Gasteiger partial charge in [-0.1, -0.05) is 53.4 Å². The lowest BCUT2D eigenvalue weighted by Crippen LogP contribution is -2.55. The minimum Gasteiger partial charge on any atom is -0.368 e. The minimum absolute atomic E-state index is 0.349. The fourth-order valence-electron chi connectivity index (χ4n) is 2.19. The molecule has 21 heavy (non-hydrogen) atoms. The standard InChI is InChI=1S/C14H16N4OS2/c15-12(19)14(17-11-6-7-11,10-4-2-1-3-5-10)8-20-13-18-16-9-21-13/h1-5,9,11,17H,6-8H2,(H2,15,19). The first-order valence-corrected chi connectivity index (χ1v) is 8.59. The van der Waals surface area contributed by atoms with Gasteiger partial charge in [0.25, 0.3) is 0 Å². The molecule has 1 aromatic carbocycles. The molecule has 1 aromatic heterocycles. The molecule has 110 valence electrons. The molecule has 5 nitrogen and oxygen atoms in total. The number of carbonyl (C=O) groups is 1. The summed E-state index contributed by atoms with van der Waals surface area (Å²) in [5, 5.41) is 11.3. The molecule has 3 rings (SSSR count). The summed E-state index contributed by atoms with van der Waals surface area (Å²) in [6, 6.07) is 10.0. The summed E-state index contributed by atoms with van der Waals surface area (Å²) in [4.78, 5) is 12.3. The van der Waals surface area contributed by atoms with Crippen LogP contribution in [0.15, 0.2) is 40.2 Å². The van der Waals surface area contributed by atoms with E-state index in [9.17, 15) is 4.79 Å². The van der Waals surface area contributed by atoms with Crippen LogP contribution in [-0.4, -0.2) is 27.9 Å². The van der Waals surface area contributed by atoms with Crippen LogP contribution in [0.1, 0.15) is 18.4 Å². The molecule has 1 saturated carbocycles. The van der Waals surface area contributed by atoms with Crippen LogP contribution < -0.4 is 11.1 Å². The molecule has 0 saturated heterocycles. The van der Waals surface area contributed by atoms with Crippen molar-refractivity contribution in [2.45, 2.75) is 28.8 Å². The number of rotatable bonds is 7. The predicted octanol–water partition coefficient (Wildman–Crippen LogP) is 1.76. The van der Waals surface area contributed by atoms with Crippen LogP contribution in [0, 0.1) is 0 Å². The van der Waals surface area contributed by atoms with Gasteiger partial charge in [-0.2, -0.15) is 0 Å². The molecule has 3 N–H and O–H groups in total. The molecule has 1 fully saturated rings. The molecule has 1 atom stereocenters. The van der Waals surface area contributed by atoms with Crippen LogP contribution in [0.4, 0.5) is 0 Å². The number of aromatic nitrogens is 2. The fraction of sp³-hybridized carbons (Fsp3) is 0.357. The molecule has 2 aromatic rings. The van der Waals surface area contributed by atoms with Crippen molar-refractivity contribution >= 4 is 29.0 Å². The van der Waals surface area contributed by atoms with E-state index in [-0.39, 0.29) is 5.91 Å². The SMILES string of the molecule is NC(=O)C(CSc1nncs1)(NC1CC1)c1ccccc1. The van der Waals surface area contributed by atoms with Gasteiger partial charge in [-0.15, -0.1) is 10.2 Å². The third-order valence-corrected chi connectivity index (χ3v) is 5.50. The smallest absolute Gasteiger partial charge is 0.243 e. The summed E-state index contributed by atoms with van der Waals surface area (Å²) in [5.74, 6) is 0.163. The Morgan fingerprint density at radius 3 is 2.76 bits per heavy atom. The number of hydrogen-bond donors (Lipinski definition) is 2. The molecule has 1 unspecified atom stereocenters. The van der Waals surface area contributed by atoms with E-state index >= 15 is 0 Å². The molecule has 1 heterocycles. The zero-order valence-corrected chi connectivity index (χ0v) is 13.0. The van der Waals surface area contributed by atoms with E-state index < -0.39 is 5.54 Å². The summed E-state index contributed by atoms with van der Waals surface area (Å²) < 4.78 is 0.842. The highest BCUT2D eigenvalue weighted by atomic mass is 32.2. The minimum atomic E-state index is -0.862. The highest BCUT2D eigenvalue weighted by Gasteiger charge is 2.42. The molecular formula is C14H16N4OS2. The summed E-state index contributed by atoms with van der Waals surface area (Å²) in [5.41, 5.74) is 7.50. The lowest BCUT2D eigenvalue weighted by atomic mass is 9.91. The highest BCUT2D eigenvalue weighted by Crippen LogP contribution is 2.34. The first-order chi connectivity index (χ1) is 10.2. The normalized spacial score (nSPS) is 17.3. The first kappa shape index (κ1) is 14.5. The van der Waals surface area contributed by atoms with E-state index in [0.717, 1.165) is 22.7 Å². The van der Waals surface area contributed by atoms with Gasteiger partial charge < -0.3 is 5.73 Å². The fourth-order valence-corrected chi connectivity index (χ4v) is 3.88. The van der Waals surface area contributed by atoms with Crippen molar-refractivity contribution in [3.63, 3.8) is 0 Å². The van der Waals surface area contributed by atoms with E-state index in [1.54, 1.807) is 5.51 Å². The van der Waals surface area contributed by atoms with Crippen molar-refractivity contribution in [2.75, 3.05) is 5.75 Å². The predicted molar refractivity (Wildman–Crippen MR) is 84.1 cm³/mol. The lowest BCUT2D eigenvalue weighted by molar-refractivity contribution is -0.124. The Labute approximate surface area is 131 Å². The number of hydrogen-bond acceptors (Lipinski definition) is 6. The Morgan fingerprint density at radius 1 is 1.43 bits per heavy atom. The summed E-state index contributed by atoms with van der Waals surface area (Å²) in [6.45, 7) is 0. The van der Waals surface area contributed by atoms with E-state index in [1.807, 2.05) is 30.3 Å². The van der Waals surface area contributed by atoms with Gasteiger partial charge in [0.1, 0.15) is 11.0 Å². The topological polar surface area (TPSA) is 80.9 Å². The summed E-state index contributed by atoms with van der Waals surface area (Å²) >= 11 is 2.97. The van der Waals surface area contributed by atoms with Crippen LogP contribution in [0.5, 0.6) is 0 Å². The second-order valence-corrected chi connectivity index (χ2v) is 7.10. The maximum Gasteiger partial charge on any atom is 0.243 e. The largest absolute Gasteiger partial charge is 0.368 e. The molecule has 0 radical (unpaired) electrons. The van der Waals surface area contributed by atoms with E-state index in [4.69, 9.17) is 5.73 Å². The van der Waals surface area contributed by atoms with Crippen LogP contribution in [0.2, 0.25) is 0 Å². The number of primary amides is 1. The third-order valence-electron chi connectivity index (χ3n) is 3.47. The maximum atomic E-state index is 12.3. The summed E-state index contributed by atoms with van der Waals surface area (Å²) in [6.07, 6.45) is 2.18. The molecule has 7 heteroatoms. The van der Waals surface area contributed by atoms with Gasteiger partial charge in [0.05, 0.1) is 0 Å². The zero-order chi connectivity index (χ0) is 14.7. The number of amides is 1. The Balaban J connectivity index is 1.89. The Kier molecular flexibility index (Phi) is 4.23. The number of nitrogens with two attached hydrogens (primary N) is 1. The van der Waals surface area contributed by atoms with Gasteiger partial charge in [-0.05, 0) is 18.4 Å². The van der Waals surface area contributed by atoms with Gasteiger partial charge in [-0.25, -0.2) is 0 Å². The molecule has 1 aliphatic rings. The Morgan fingerprint density at radius 2 is 2.19 bits per heavy atom. The number of nitrogens with zero attached hydrogens (tertiary/aromatic N) is 2. The van der Waals surface area contributed by atoms with Crippen molar-refractivity contribution < 1.29 is 4.79 Å². The number of benzene rings is 1. The number of carbonyl (C=O) groups excluding carboxylic acids is 1. The molecule has 1 aliphatic carbocycles. The van der Waals surface area contributed by atoms with Crippen molar-refractivity contribution in [3.05, 3.63) is 41.4 Å². The average Bonchev–Trinajstić information content (AvgIpc) is 3.16. The second kappa shape index (κ2) is 6.13. The third kappa shape index (κ3) is 3.25. The Hall–Kier alpha value is -1.44. The summed E-state index contributed by atoms with van der Waals surface area (Å²) in [7, 11) is 0. The zero-order valence-electron chi connectivity index (χ0n) is 11.4. The quantitative estimate of drug-likeness (QED) is 0.760. The monoisotopic (exact) mass is 320 g/mol. The van der Waals surface area contributed by atoms with Crippen LogP contribution >= 0.6 is 23.1 Å². The molecule has 0 spiro atoms. The van der Waals surface area contributed by atoms with Crippen LogP contribution in [0.3, 0.4) is 0 Å². The first-order valence-electron chi connectivity index (χ1n) is 6.73. The second-order valence-electron chi connectivity index (χ2n) is 5.05. The average molecular weight is 320 g/mol. The van der Waals surface area contributed by atoms with Gasteiger partial charge in [0.15, 0.2) is 4.34 Å². The molecule has 0 bridgehead atoms. The van der Waals surface area contributed by atoms with E-state index in [2.05, 4.69) is 15.5 Å². The lowest BCUT2D eigenvalue weighted by Gasteiger charge is -2.32. The van der Waals surface area contributed by atoms with E-state index in [1.165, 1.54) is 23.1 Å². The number of nitrogens with one attached hydrogen (secondary N) is 1.